The van der Waals surface area contributed by atoms with Crippen LogP contribution in [0.4, 0.5) is 0 Å². The van der Waals surface area contributed by atoms with Crippen LogP contribution in [0.15, 0.2) is 28.7 Å². The molecule has 2 N–H and O–H groups in total. The lowest BCUT2D eigenvalue weighted by Gasteiger charge is -2.31. The third-order valence-electron chi connectivity index (χ3n) is 4.94. The fourth-order valence-electron chi connectivity index (χ4n) is 3.50. The van der Waals surface area contributed by atoms with Gasteiger partial charge in [-0.1, -0.05) is 61.3 Å². The summed E-state index contributed by atoms with van der Waals surface area (Å²) in [6.07, 6.45) is 7.16. The van der Waals surface area contributed by atoms with E-state index in [0.717, 1.165) is 25.2 Å². The SMILES string of the molecule is CC(C)(C)C1CCCC(N)(Cc2ccccc2Br)CC1. The molecule has 1 aromatic rings. The maximum atomic E-state index is 6.74. The van der Waals surface area contributed by atoms with Crippen LogP contribution in [-0.4, -0.2) is 5.54 Å². The molecule has 1 aliphatic carbocycles. The minimum Gasteiger partial charge on any atom is -0.325 e. The van der Waals surface area contributed by atoms with Crippen molar-refractivity contribution in [3.8, 4) is 0 Å². The van der Waals surface area contributed by atoms with Crippen molar-refractivity contribution in [1.29, 1.82) is 0 Å². The first-order valence-electron chi connectivity index (χ1n) is 7.82. The van der Waals surface area contributed by atoms with Gasteiger partial charge in [-0.3, -0.25) is 0 Å². The van der Waals surface area contributed by atoms with Gasteiger partial charge in [0, 0.05) is 10.0 Å². The summed E-state index contributed by atoms with van der Waals surface area (Å²) < 4.78 is 1.20. The largest absolute Gasteiger partial charge is 0.325 e. The fourth-order valence-corrected chi connectivity index (χ4v) is 3.92. The minimum atomic E-state index is -0.0239. The van der Waals surface area contributed by atoms with Gasteiger partial charge < -0.3 is 5.73 Å². The quantitative estimate of drug-likeness (QED) is 0.726. The summed E-state index contributed by atoms with van der Waals surface area (Å²) >= 11 is 3.65. The molecule has 0 radical (unpaired) electrons. The fraction of sp³-hybridized carbons (Fsp3) is 0.667. The van der Waals surface area contributed by atoms with E-state index in [1.54, 1.807) is 0 Å². The first-order chi connectivity index (χ1) is 9.30. The van der Waals surface area contributed by atoms with Crippen LogP contribution in [0.1, 0.15) is 58.4 Å². The second-order valence-electron chi connectivity index (χ2n) is 7.62. The molecule has 0 heterocycles. The van der Waals surface area contributed by atoms with Crippen LogP contribution in [0.3, 0.4) is 0 Å². The van der Waals surface area contributed by atoms with Crippen molar-refractivity contribution < 1.29 is 0 Å². The third-order valence-corrected chi connectivity index (χ3v) is 5.72. The Hall–Kier alpha value is -0.340. The average molecular weight is 338 g/mol. The van der Waals surface area contributed by atoms with Gasteiger partial charge in [0.2, 0.25) is 0 Å². The van der Waals surface area contributed by atoms with Crippen LogP contribution in [0.2, 0.25) is 0 Å². The van der Waals surface area contributed by atoms with Gasteiger partial charge in [0.25, 0.3) is 0 Å². The summed E-state index contributed by atoms with van der Waals surface area (Å²) in [5, 5.41) is 0. The first kappa shape index (κ1) is 16.0. The summed E-state index contributed by atoms with van der Waals surface area (Å²) in [6.45, 7) is 7.11. The highest BCUT2D eigenvalue weighted by Gasteiger charge is 2.33. The monoisotopic (exact) mass is 337 g/mol. The van der Waals surface area contributed by atoms with Crippen molar-refractivity contribution in [3.63, 3.8) is 0 Å². The summed E-state index contributed by atoms with van der Waals surface area (Å²) in [4.78, 5) is 0. The zero-order chi connectivity index (χ0) is 14.8. The van der Waals surface area contributed by atoms with Gasteiger partial charge in [-0.05, 0) is 55.1 Å². The normalized spacial score (nSPS) is 28.1. The molecule has 0 aliphatic heterocycles. The van der Waals surface area contributed by atoms with E-state index in [-0.39, 0.29) is 5.54 Å². The van der Waals surface area contributed by atoms with Gasteiger partial charge in [0.05, 0.1) is 0 Å². The number of nitrogens with two attached hydrogens (primary N) is 1. The predicted octanol–water partition coefficient (Wildman–Crippen LogP) is 5.32. The first-order valence-corrected chi connectivity index (χ1v) is 8.62. The smallest absolute Gasteiger partial charge is 0.0207 e. The van der Waals surface area contributed by atoms with E-state index in [9.17, 15) is 0 Å². The second-order valence-corrected chi connectivity index (χ2v) is 8.48. The highest BCUT2D eigenvalue weighted by molar-refractivity contribution is 9.10. The van der Waals surface area contributed by atoms with Crippen molar-refractivity contribution in [3.05, 3.63) is 34.3 Å². The summed E-state index contributed by atoms with van der Waals surface area (Å²) in [7, 11) is 0. The molecule has 1 aromatic carbocycles. The lowest BCUT2D eigenvalue weighted by molar-refractivity contribution is 0.210. The Balaban J connectivity index is 2.06. The molecule has 2 atom stereocenters. The van der Waals surface area contributed by atoms with E-state index in [2.05, 4.69) is 61.0 Å². The van der Waals surface area contributed by atoms with E-state index < -0.39 is 0 Å². The Morgan fingerprint density at radius 3 is 2.55 bits per heavy atom. The molecule has 1 nitrogen and oxygen atoms in total. The van der Waals surface area contributed by atoms with Crippen LogP contribution in [0.5, 0.6) is 0 Å². The number of hydrogen-bond acceptors (Lipinski definition) is 1. The van der Waals surface area contributed by atoms with Crippen molar-refractivity contribution in [2.45, 2.75) is 64.8 Å². The van der Waals surface area contributed by atoms with Gasteiger partial charge in [-0.25, -0.2) is 0 Å². The lowest BCUT2D eigenvalue weighted by Crippen LogP contribution is -2.41. The molecule has 1 aliphatic rings. The van der Waals surface area contributed by atoms with E-state index in [1.807, 2.05) is 0 Å². The summed E-state index contributed by atoms with van der Waals surface area (Å²) in [6, 6.07) is 8.50. The molecule has 0 amide bonds. The Bertz CT molecular complexity index is 449. The topological polar surface area (TPSA) is 26.0 Å². The maximum absolute atomic E-state index is 6.74. The van der Waals surface area contributed by atoms with E-state index >= 15 is 0 Å². The molecular weight excluding hydrogens is 310 g/mol. The standard InChI is InChI=1S/C18H28BrN/c1-17(2,3)15-8-6-11-18(20,12-10-15)13-14-7-4-5-9-16(14)19/h4-5,7,9,15H,6,8,10-13,20H2,1-3H3. The van der Waals surface area contributed by atoms with Crippen LogP contribution in [-0.2, 0) is 6.42 Å². The van der Waals surface area contributed by atoms with Gasteiger partial charge >= 0.3 is 0 Å². The molecule has 1 fully saturated rings. The van der Waals surface area contributed by atoms with Gasteiger partial charge in [0.15, 0.2) is 0 Å². The van der Waals surface area contributed by atoms with E-state index in [0.29, 0.717) is 5.41 Å². The molecule has 20 heavy (non-hydrogen) atoms. The number of benzene rings is 1. The second kappa shape index (κ2) is 6.19. The highest BCUT2D eigenvalue weighted by atomic mass is 79.9. The molecule has 2 rings (SSSR count). The van der Waals surface area contributed by atoms with Gasteiger partial charge in [-0.2, -0.15) is 0 Å². The third kappa shape index (κ3) is 4.08. The Morgan fingerprint density at radius 2 is 1.90 bits per heavy atom. The van der Waals surface area contributed by atoms with Crippen LogP contribution >= 0.6 is 15.9 Å². The van der Waals surface area contributed by atoms with Crippen LogP contribution in [0.25, 0.3) is 0 Å². The van der Waals surface area contributed by atoms with Crippen molar-refractivity contribution in [1.82, 2.24) is 0 Å². The van der Waals surface area contributed by atoms with Crippen molar-refractivity contribution in [2.75, 3.05) is 0 Å². The van der Waals surface area contributed by atoms with Crippen LogP contribution < -0.4 is 5.73 Å². The predicted molar refractivity (Wildman–Crippen MR) is 90.8 cm³/mol. The lowest BCUT2D eigenvalue weighted by atomic mass is 9.76. The molecule has 1 saturated carbocycles. The molecule has 0 bridgehead atoms. The molecule has 2 heteroatoms. The Morgan fingerprint density at radius 1 is 1.20 bits per heavy atom. The zero-order valence-electron chi connectivity index (χ0n) is 13.1. The minimum absolute atomic E-state index is 0.0239. The van der Waals surface area contributed by atoms with Crippen molar-refractivity contribution >= 4 is 15.9 Å². The van der Waals surface area contributed by atoms with Crippen molar-refractivity contribution in [2.24, 2.45) is 17.1 Å². The number of hydrogen-bond donors (Lipinski definition) is 1. The zero-order valence-corrected chi connectivity index (χ0v) is 14.7. The van der Waals surface area contributed by atoms with Gasteiger partial charge in [0.1, 0.15) is 0 Å². The molecule has 2 unspecified atom stereocenters. The summed E-state index contributed by atoms with van der Waals surface area (Å²) in [5.74, 6) is 0.812. The number of halogens is 1. The number of rotatable bonds is 2. The Kier molecular flexibility index (Phi) is 4.96. The molecular formula is C18H28BrN. The van der Waals surface area contributed by atoms with Gasteiger partial charge in [-0.15, -0.1) is 0 Å². The van der Waals surface area contributed by atoms with E-state index in [1.165, 1.54) is 29.3 Å². The molecule has 112 valence electrons. The molecule has 0 aromatic heterocycles. The molecule has 0 saturated heterocycles. The average Bonchev–Trinajstić information content (AvgIpc) is 2.54. The van der Waals surface area contributed by atoms with E-state index in [4.69, 9.17) is 5.73 Å². The highest BCUT2D eigenvalue weighted by Crippen LogP contribution is 2.40. The van der Waals surface area contributed by atoms with Crippen LogP contribution in [0, 0.1) is 11.3 Å². The molecule has 0 spiro atoms. The maximum Gasteiger partial charge on any atom is 0.0207 e. The Labute approximate surface area is 132 Å². The summed E-state index contributed by atoms with van der Waals surface area (Å²) in [5.41, 5.74) is 8.49.